The van der Waals surface area contributed by atoms with Crippen LogP contribution in [0.3, 0.4) is 0 Å². The number of benzene rings is 3. The van der Waals surface area contributed by atoms with Gasteiger partial charge in [-0.3, -0.25) is 4.79 Å². The lowest BCUT2D eigenvalue weighted by Crippen LogP contribution is -2.31. The standard InChI is InChI=1S/C28H23FN6O/c29-21-10-6-9-20(15-21)27-23(16-35-31-17-30-34-35)25(22-11-4-5-12-24(22)32-27)28(36)33-26(19-13-14-19)18-7-2-1-3-8-18/h1-12,15,17,19,26H,13-14,16H2,(H,33,36). The average molecular weight is 479 g/mol. The van der Waals surface area contributed by atoms with Crippen molar-refractivity contribution in [1.82, 2.24) is 30.5 Å². The molecule has 0 aliphatic heterocycles. The van der Waals surface area contributed by atoms with E-state index in [0.717, 1.165) is 18.4 Å². The Hall–Kier alpha value is -4.46. The van der Waals surface area contributed by atoms with E-state index in [4.69, 9.17) is 4.98 Å². The van der Waals surface area contributed by atoms with Gasteiger partial charge in [-0.1, -0.05) is 60.7 Å². The van der Waals surface area contributed by atoms with Crippen LogP contribution in [0.15, 0.2) is 85.2 Å². The lowest BCUT2D eigenvalue weighted by molar-refractivity contribution is 0.0932. The molecule has 0 radical (unpaired) electrons. The third-order valence-electron chi connectivity index (χ3n) is 6.55. The maximum absolute atomic E-state index is 14.2. The van der Waals surface area contributed by atoms with E-state index in [1.165, 1.54) is 23.3 Å². The Morgan fingerprint density at radius 2 is 1.83 bits per heavy atom. The maximum Gasteiger partial charge on any atom is 0.252 e. The van der Waals surface area contributed by atoms with Crippen LogP contribution in [0, 0.1) is 11.7 Å². The molecule has 1 fully saturated rings. The van der Waals surface area contributed by atoms with Gasteiger partial charge in [0.2, 0.25) is 0 Å². The van der Waals surface area contributed by atoms with Crippen molar-refractivity contribution in [3.05, 3.63) is 108 Å². The Morgan fingerprint density at radius 3 is 2.58 bits per heavy atom. The molecule has 1 saturated carbocycles. The van der Waals surface area contributed by atoms with Gasteiger partial charge in [0.1, 0.15) is 5.82 Å². The number of hydrogen-bond acceptors (Lipinski definition) is 5. The molecule has 6 rings (SSSR count). The number of hydrogen-bond donors (Lipinski definition) is 1. The number of fused-ring (bicyclic) bond motifs is 1. The third kappa shape index (κ3) is 4.33. The Morgan fingerprint density at radius 1 is 1.03 bits per heavy atom. The number of tetrazole rings is 1. The van der Waals surface area contributed by atoms with Crippen LogP contribution in [-0.4, -0.2) is 31.1 Å². The fraction of sp³-hybridized carbons (Fsp3) is 0.179. The number of nitrogens with one attached hydrogen (secondary N) is 1. The van der Waals surface area contributed by atoms with Gasteiger partial charge in [-0.05, 0) is 47.7 Å². The predicted molar refractivity (Wildman–Crippen MR) is 133 cm³/mol. The van der Waals surface area contributed by atoms with Gasteiger partial charge in [0.05, 0.1) is 29.4 Å². The normalized spacial score (nSPS) is 14.0. The number of carbonyl (C=O) groups excluding carboxylic acids is 1. The molecule has 1 atom stereocenters. The molecule has 1 aliphatic carbocycles. The summed E-state index contributed by atoms with van der Waals surface area (Å²) in [5, 5.41) is 16.0. The highest BCUT2D eigenvalue weighted by Crippen LogP contribution is 2.41. The SMILES string of the molecule is O=C(NC(c1ccccc1)C1CC1)c1c(Cn2ncnn2)c(-c2cccc(F)c2)nc2ccccc12. The zero-order chi connectivity index (χ0) is 24.5. The Balaban J connectivity index is 1.53. The molecule has 178 valence electrons. The van der Waals surface area contributed by atoms with E-state index >= 15 is 0 Å². The monoisotopic (exact) mass is 478 g/mol. The second-order valence-electron chi connectivity index (χ2n) is 9.01. The van der Waals surface area contributed by atoms with Crippen LogP contribution in [0.1, 0.15) is 40.4 Å². The summed E-state index contributed by atoms with van der Waals surface area (Å²) in [6, 6.07) is 23.7. The smallest absolute Gasteiger partial charge is 0.252 e. The minimum Gasteiger partial charge on any atom is -0.345 e. The van der Waals surface area contributed by atoms with E-state index in [2.05, 4.69) is 20.7 Å². The summed E-state index contributed by atoms with van der Waals surface area (Å²) in [7, 11) is 0. The van der Waals surface area contributed by atoms with Crippen LogP contribution in [0.25, 0.3) is 22.2 Å². The quantitative estimate of drug-likeness (QED) is 0.358. The zero-order valence-electron chi connectivity index (χ0n) is 19.4. The number of carbonyl (C=O) groups is 1. The Labute approximate surface area is 207 Å². The average Bonchev–Trinajstić information content (AvgIpc) is 3.62. The van der Waals surface area contributed by atoms with Gasteiger partial charge in [-0.2, -0.15) is 4.80 Å². The fourth-order valence-corrected chi connectivity index (χ4v) is 4.72. The number of para-hydroxylation sites is 1. The molecule has 1 N–H and O–H groups in total. The first-order valence-corrected chi connectivity index (χ1v) is 11.9. The summed E-state index contributed by atoms with van der Waals surface area (Å²) in [5.74, 6) is -0.189. The molecular formula is C28H23FN6O. The van der Waals surface area contributed by atoms with Crippen molar-refractivity contribution < 1.29 is 9.18 Å². The molecule has 36 heavy (non-hydrogen) atoms. The third-order valence-corrected chi connectivity index (χ3v) is 6.55. The van der Waals surface area contributed by atoms with Crippen LogP contribution in [0.2, 0.25) is 0 Å². The largest absolute Gasteiger partial charge is 0.345 e. The molecule has 3 aromatic carbocycles. The summed E-state index contributed by atoms with van der Waals surface area (Å²) in [5.41, 5.74) is 3.91. The van der Waals surface area contributed by atoms with Gasteiger partial charge in [0, 0.05) is 16.5 Å². The van der Waals surface area contributed by atoms with Crippen molar-refractivity contribution in [2.45, 2.75) is 25.4 Å². The summed E-state index contributed by atoms with van der Waals surface area (Å²) < 4.78 is 14.2. The second-order valence-corrected chi connectivity index (χ2v) is 9.01. The first-order chi connectivity index (χ1) is 17.7. The molecule has 1 aliphatic rings. The topological polar surface area (TPSA) is 85.6 Å². The van der Waals surface area contributed by atoms with Crippen molar-refractivity contribution in [1.29, 1.82) is 0 Å². The number of amides is 1. The van der Waals surface area contributed by atoms with E-state index in [0.29, 0.717) is 39.2 Å². The zero-order valence-corrected chi connectivity index (χ0v) is 19.4. The molecular weight excluding hydrogens is 455 g/mol. The van der Waals surface area contributed by atoms with Crippen LogP contribution in [0.5, 0.6) is 0 Å². The fourth-order valence-electron chi connectivity index (χ4n) is 4.72. The van der Waals surface area contributed by atoms with Crippen molar-refractivity contribution in [3.8, 4) is 11.3 Å². The Kier molecular flexibility index (Phi) is 5.69. The summed E-state index contributed by atoms with van der Waals surface area (Å²) in [4.78, 5) is 20.4. The molecule has 8 heteroatoms. The number of halogens is 1. The van der Waals surface area contributed by atoms with Gasteiger partial charge >= 0.3 is 0 Å². The molecule has 1 amide bonds. The molecule has 5 aromatic rings. The summed E-state index contributed by atoms with van der Waals surface area (Å²) in [6.07, 6.45) is 3.48. The van der Waals surface area contributed by atoms with E-state index in [1.807, 2.05) is 54.6 Å². The minimum absolute atomic E-state index is 0.0967. The predicted octanol–water partition coefficient (Wildman–Crippen LogP) is 4.96. The first kappa shape index (κ1) is 22.0. The highest BCUT2D eigenvalue weighted by molar-refractivity contribution is 6.09. The maximum atomic E-state index is 14.2. The lowest BCUT2D eigenvalue weighted by Gasteiger charge is -2.22. The van der Waals surface area contributed by atoms with Crippen LogP contribution in [0.4, 0.5) is 4.39 Å². The molecule has 1 unspecified atom stereocenters. The summed E-state index contributed by atoms with van der Waals surface area (Å²) >= 11 is 0. The van der Waals surface area contributed by atoms with Gasteiger partial charge in [0.25, 0.3) is 5.91 Å². The minimum atomic E-state index is -0.379. The molecule has 2 aromatic heterocycles. The molecule has 7 nitrogen and oxygen atoms in total. The van der Waals surface area contributed by atoms with Crippen LogP contribution >= 0.6 is 0 Å². The van der Waals surface area contributed by atoms with Crippen LogP contribution < -0.4 is 5.32 Å². The van der Waals surface area contributed by atoms with E-state index < -0.39 is 0 Å². The first-order valence-electron chi connectivity index (χ1n) is 11.9. The molecule has 0 bridgehead atoms. The van der Waals surface area contributed by atoms with E-state index in [1.54, 1.807) is 12.1 Å². The van der Waals surface area contributed by atoms with Gasteiger partial charge in [-0.15, -0.1) is 10.2 Å². The van der Waals surface area contributed by atoms with Gasteiger partial charge < -0.3 is 5.32 Å². The lowest BCUT2D eigenvalue weighted by atomic mass is 9.95. The molecule has 0 saturated heterocycles. The van der Waals surface area contributed by atoms with Gasteiger partial charge in [0.15, 0.2) is 6.33 Å². The second kappa shape index (κ2) is 9.30. The highest BCUT2D eigenvalue weighted by Gasteiger charge is 2.34. The van der Waals surface area contributed by atoms with E-state index in [9.17, 15) is 9.18 Å². The van der Waals surface area contributed by atoms with Gasteiger partial charge in [-0.25, -0.2) is 9.37 Å². The van der Waals surface area contributed by atoms with Crippen molar-refractivity contribution >= 4 is 16.8 Å². The molecule has 0 spiro atoms. The van der Waals surface area contributed by atoms with Crippen molar-refractivity contribution in [2.24, 2.45) is 5.92 Å². The molecule has 2 heterocycles. The number of aromatic nitrogens is 5. The Bertz CT molecular complexity index is 1530. The highest BCUT2D eigenvalue weighted by atomic mass is 19.1. The summed E-state index contributed by atoms with van der Waals surface area (Å²) in [6.45, 7) is 0.159. The van der Waals surface area contributed by atoms with Crippen molar-refractivity contribution in [3.63, 3.8) is 0 Å². The number of pyridine rings is 1. The number of rotatable bonds is 7. The van der Waals surface area contributed by atoms with E-state index in [-0.39, 0.29) is 24.3 Å². The van der Waals surface area contributed by atoms with Crippen LogP contribution in [-0.2, 0) is 6.54 Å². The van der Waals surface area contributed by atoms with Crippen molar-refractivity contribution in [2.75, 3.05) is 0 Å². The number of nitrogens with zero attached hydrogens (tertiary/aromatic N) is 5.